The Labute approximate surface area is 133 Å². The summed E-state index contributed by atoms with van der Waals surface area (Å²) < 4.78 is 32.3. The van der Waals surface area contributed by atoms with E-state index in [0.29, 0.717) is 27.8 Å². The van der Waals surface area contributed by atoms with E-state index < -0.39 is 10.0 Å². The summed E-state index contributed by atoms with van der Waals surface area (Å²) >= 11 is 0. The van der Waals surface area contributed by atoms with Crippen LogP contribution in [0.5, 0.6) is 0 Å². The van der Waals surface area contributed by atoms with E-state index in [-0.39, 0.29) is 11.0 Å². The lowest BCUT2D eigenvalue weighted by Crippen LogP contribution is -2.12. The van der Waals surface area contributed by atoms with Gasteiger partial charge in [0.1, 0.15) is 6.07 Å². The zero-order valence-electron chi connectivity index (χ0n) is 12.5. The van der Waals surface area contributed by atoms with Crippen molar-refractivity contribution < 1.29 is 12.9 Å². The highest BCUT2D eigenvalue weighted by atomic mass is 32.2. The van der Waals surface area contributed by atoms with Gasteiger partial charge in [-0.1, -0.05) is 31.1 Å². The Bertz CT molecular complexity index is 1010. The van der Waals surface area contributed by atoms with E-state index in [2.05, 4.69) is 20.9 Å². The first kappa shape index (κ1) is 15.1. The molecule has 23 heavy (non-hydrogen) atoms. The number of fused-ring (bicyclic) bond motifs is 1. The van der Waals surface area contributed by atoms with Crippen LogP contribution in [0.1, 0.15) is 31.0 Å². The fraction of sp³-hybridized carbons (Fsp3) is 0.200. The van der Waals surface area contributed by atoms with Crippen molar-refractivity contribution in [3.63, 3.8) is 0 Å². The van der Waals surface area contributed by atoms with Crippen LogP contribution in [-0.2, 0) is 10.0 Å². The molecule has 1 aromatic carbocycles. The molecule has 0 saturated carbocycles. The first-order chi connectivity index (χ1) is 10.9. The molecule has 0 radical (unpaired) electrons. The predicted octanol–water partition coefficient (Wildman–Crippen LogP) is 2.95. The second-order valence-corrected chi connectivity index (χ2v) is 6.99. The van der Waals surface area contributed by atoms with Gasteiger partial charge in [0.05, 0.1) is 22.5 Å². The van der Waals surface area contributed by atoms with Crippen LogP contribution >= 0.6 is 0 Å². The monoisotopic (exact) mass is 330 g/mol. The van der Waals surface area contributed by atoms with Crippen molar-refractivity contribution in [3.8, 4) is 6.07 Å². The minimum absolute atomic E-state index is 0.0627. The molecule has 0 fully saturated rings. The number of nitrogens with zero attached hydrogens (tertiary/aromatic N) is 2. The zero-order valence-corrected chi connectivity index (χ0v) is 13.3. The number of hydrogen-bond donors (Lipinski definition) is 2. The van der Waals surface area contributed by atoms with Gasteiger partial charge in [-0.25, -0.2) is 0 Å². The Morgan fingerprint density at radius 3 is 2.83 bits per heavy atom. The van der Waals surface area contributed by atoms with E-state index >= 15 is 0 Å². The Balaban J connectivity index is 2.00. The summed E-state index contributed by atoms with van der Waals surface area (Å²) in [5, 5.41) is 13.2. The third-order valence-electron chi connectivity index (χ3n) is 3.44. The minimum atomic E-state index is -3.90. The molecule has 2 aromatic heterocycles. The molecular weight excluding hydrogens is 316 g/mol. The minimum Gasteiger partial charge on any atom is -0.358 e. The molecule has 8 heteroatoms. The first-order valence-corrected chi connectivity index (χ1v) is 8.40. The van der Waals surface area contributed by atoms with Crippen LogP contribution in [0.4, 0.5) is 5.69 Å². The summed E-state index contributed by atoms with van der Waals surface area (Å²) in [6.45, 7) is 3.79. The summed E-state index contributed by atoms with van der Waals surface area (Å²) in [6, 6.07) is 8.48. The lowest BCUT2D eigenvalue weighted by Gasteiger charge is -2.06. The fourth-order valence-electron chi connectivity index (χ4n) is 2.20. The Hall–Kier alpha value is -2.79. The maximum absolute atomic E-state index is 12.4. The summed E-state index contributed by atoms with van der Waals surface area (Å²) in [5.74, 6) is 0.0627. The van der Waals surface area contributed by atoms with Gasteiger partial charge in [-0.15, -0.1) is 0 Å². The van der Waals surface area contributed by atoms with Gasteiger partial charge < -0.3 is 9.51 Å². The molecule has 2 N–H and O–H groups in total. The van der Waals surface area contributed by atoms with Gasteiger partial charge in [-0.3, -0.25) is 4.72 Å². The highest BCUT2D eigenvalue weighted by Gasteiger charge is 2.22. The van der Waals surface area contributed by atoms with Crippen molar-refractivity contribution in [2.24, 2.45) is 0 Å². The smallest absolute Gasteiger partial charge is 0.298 e. The quantitative estimate of drug-likeness (QED) is 0.764. The lowest BCUT2D eigenvalue weighted by atomic mass is 10.1. The summed E-state index contributed by atoms with van der Waals surface area (Å²) in [4.78, 5) is 2.91. The van der Waals surface area contributed by atoms with Crippen molar-refractivity contribution in [3.05, 3.63) is 41.7 Å². The molecule has 0 bridgehead atoms. The van der Waals surface area contributed by atoms with E-state index in [1.54, 1.807) is 18.2 Å². The molecule has 0 atom stereocenters. The van der Waals surface area contributed by atoms with Gasteiger partial charge in [-0.05, 0) is 12.0 Å². The maximum atomic E-state index is 12.4. The third-order valence-corrected chi connectivity index (χ3v) is 4.65. The fourth-order valence-corrected chi connectivity index (χ4v) is 3.17. The number of benzene rings is 1. The number of para-hydroxylation sites is 1. The number of rotatable bonds is 4. The molecule has 0 aliphatic carbocycles. The predicted molar refractivity (Wildman–Crippen MR) is 84.4 cm³/mol. The molecule has 3 aromatic rings. The Morgan fingerprint density at radius 2 is 2.17 bits per heavy atom. The van der Waals surface area contributed by atoms with Crippen LogP contribution in [-0.4, -0.2) is 18.6 Å². The van der Waals surface area contributed by atoms with Crippen LogP contribution in [0.25, 0.3) is 10.9 Å². The SMILES string of the molecule is CC(C)c1cc(S(=O)(=O)Nc2cccc3c(C#N)c[nH]c23)on1. The van der Waals surface area contributed by atoms with Gasteiger partial charge in [0, 0.05) is 17.6 Å². The van der Waals surface area contributed by atoms with Crippen LogP contribution in [0.15, 0.2) is 40.1 Å². The van der Waals surface area contributed by atoms with Crippen LogP contribution in [0.2, 0.25) is 0 Å². The molecule has 0 saturated heterocycles. The van der Waals surface area contributed by atoms with E-state index in [1.807, 2.05) is 13.8 Å². The van der Waals surface area contributed by atoms with E-state index in [1.165, 1.54) is 12.3 Å². The third kappa shape index (κ3) is 2.66. The first-order valence-electron chi connectivity index (χ1n) is 6.92. The number of aromatic nitrogens is 2. The molecule has 118 valence electrons. The number of sulfonamides is 1. The van der Waals surface area contributed by atoms with Crippen LogP contribution in [0, 0.1) is 11.3 Å². The van der Waals surface area contributed by atoms with Gasteiger partial charge in [0.2, 0.25) is 0 Å². The summed E-state index contributed by atoms with van der Waals surface area (Å²) in [7, 11) is -3.90. The molecule has 0 unspecified atom stereocenters. The molecular formula is C15H14N4O3S. The average molecular weight is 330 g/mol. The van der Waals surface area contributed by atoms with Crippen molar-refractivity contribution in [2.45, 2.75) is 24.9 Å². The van der Waals surface area contributed by atoms with Crippen molar-refractivity contribution in [1.29, 1.82) is 5.26 Å². The van der Waals surface area contributed by atoms with E-state index in [9.17, 15) is 8.42 Å². The van der Waals surface area contributed by atoms with Crippen molar-refractivity contribution >= 4 is 26.6 Å². The van der Waals surface area contributed by atoms with Crippen molar-refractivity contribution in [1.82, 2.24) is 10.1 Å². The number of nitrogens with one attached hydrogen (secondary N) is 2. The highest BCUT2D eigenvalue weighted by molar-refractivity contribution is 7.92. The number of H-pyrrole nitrogens is 1. The molecule has 0 amide bonds. The molecule has 7 nitrogen and oxygen atoms in total. The standard InChI is InChI=1S/C15H14N4O3S/c1-9(2)13-6-14(22-18-13)23(20,21)19-12-5-3-4-11-10(7-16)8-17-15(11)12/h3-6,8-9,17,19H,1-2H3. The average Bonchev–Trinajstić information content (AvgIpc) is 3.14. The lowest BCUT2D eigenvalue weighted by molar-refractivity contribution is 0.333. The van der Waals surface area contributed by atoms with Gasteiger partial charge >= 0.3 is 0 Å². The molecule has 0 spiro atoms. The topological polar surface area (TPSA) is 112 Å². The van der Waals surface area contributed by atoms with Gasteiger partial charge in [-0.2, -0.15) is 13.7 Å². The number of hydrogen-bond acceptors (Lipinski definition) is 5. The Morgan fingerprint density at radius 1 is 1.39 bits per heavy atom. The maximum Gasteiger partial charge on any atom is 0.298 e. The molecule has 2 heterocycles. The largest absolute Gasteiger partial charge is 0.358 e. The normalized spacial score (nSPS) is 11.7. The highest BCUT2D eigenvalue weighted by Crippen LogP contribution is 2.27. The molecule has 0 aliphatic heterocycles. The van der Waals surface area contributed by atoms with E-state index in [4.69, 9.17) is 9.78 Å². The molecule has 3 rings (SSSR count). The van der Waals surface area contributed by atoms with Gasteiger partial charge in [0.15, 0.2) is 0 Å². The van der Waals surface area contributed by atoms with Crippen molar-refractivity contribution in [2.75, 3.05) is 4.72 Å². The molecule has 0 aliphatic rings. The van der Waals surface area contributed by atoms with Crippen LogP contribution in [0.3, 0.4) is 0 Å². The van der Waals surface area contributed by atoms with E-state index in [0.717, 1.165) is 0 Å². The number of nitriles is 1. The van der Waals surface area contributed by atoms with Crippen LogP contribution < -0.4 is 4.72 Å². The zero-order chi connectivity index (χ0) is 16.6. The summed E-state index contributed by atoms with van der Waals surface area (Å²) in [6.07, 6.45) is 1.54. The number of aromatic amines is 1. The summed E-state index contributed by atoms with van der Waals surface area (Å²) in [5.41, 5.74) is 1.89. The second-order valence-electron chi connectivity index (χ2n) is 5.37. The van der Waals surface area contributed by atoms with Gasteiger partial charge in [0.25, 0.3) is 15.1 Å². The second kappa shape index (κ2) is 5.44. The number of anilines is 1. The Kier molecular flexibility index (Phi) is 3.58.